The number of nitrogens with zero attached hydrogens (tertiary/aromatic N) is 1. The Balaban J connectivity index is 2.20. The molecule has 2 aromatic rings. The zero-order valence-electron chi connectivity index (χ0n) is 12.3. The third-order valence-electron chi connectivity index (χ3n) is 4.10. The third-order valence-corrected chi connectivity index (χ3v) is 4.10. The number of ether oxygens (including phenoxy) is 2. The van der Waals surface area contributed by atoms with Gasteiger partial charge < -0.3 is 14.0 Å². The fraction of sp³-hybridized carbons (Fsp3) is 0.438. The van der Waals surface area contributed by atoms with E-state index in [4.69, 9.17) is 9.47 Å². The van der Waals surface area contributed by atoms with Crippen LogP contribution in [0, 0.1) is 0 Å². The van der Waals surface area contributed by atoms with Crippen LogP contribution in [0.4, 0.5) is 0 Å². The summed E-state index contributed by atoms with van der Waals surface area (Å²) in [5.41, 5.74) is 1.44. The van der Waals surface area contributed by atoms with E-state index in [2.05, 4.69) is 0 Å². The van der Waals surface area contributed by atoms with Gasteiger partial charge in [0.05, 0.1) is 29.9 Å². The van der Waals surface area contributed by atoms with Crippen LogP contribution >= 0.6 is 0 Å². The highest BCUT2D eigenvalue weighted by atomic mass is 16.6. The number of aryl methyl sites for hydroxylation is 1. The SMILES string of the molecule is COc1c(C[C@H]2OC2(C)C)c(=O)n(C)c2ccccc12. The van der Waals surface area contributed by atoms with E-state index in [0.29, 0.717) is 17.7 Å². The van der Waals surface area contributed by atoms with Crippen LogP contribution in [0.5, 0.6) is 5.75 Å². The molecule has 2 heterocycles. The van der Waals surface area contributed by atoms with Gasteiger partial charge in [0.1, 0.15) is 5.75 Å². The van der Waals surface area contributed by atoms with Crippen LogP contribution in [0.15, 0.2) is 29.1 Å². The second-order valence-electron chi connectivity index (χ2n) is 5.81. The van der Waals surface area contributed by atoms with Crippen molar-refractivity contribution < 1.29 is 9.47 Å². The fourth-order valence-corrected chi connectivity index (χ4v) is 2.75. The van der Waals surface area contributed by atoms with E-state index in [9.17, 15) is 4.79 Å². The molecule has 0 spiro atoms. The number of aromatic nitrogens is 1. The molecule has 3 rings (SSSR count). The van der Waals surface area contributed by atoms with Crippen molar-refractivity contribution in [2.75, 3.05) is 7.11 Å². The minimum atomic E-state index is -0.137. The normalized spacial score (nSPS) is 20.1. The van der Waals surface area contributed by atoms with Crippen molar-refractivity contribution in [3.05, 3.63) is 40.2 Å². The highest BCUT2D eigenvalue weighted by molar-refractivity contribution is 5.86. The van der Waals surface area contributed by atoms with Gasteiger partial charge in [-0.1, -0.05) is 12.1 Å². The summed E-state index contributed by atoms with van der Waals surface area (Å²) in [7, 11) is 3.41. The highest BCUT2D eigenvalue weighted by Gasteiger charge is 2.48. The van der Waals surface area contributed by atoms with Crippen LogP contribution in [0.1, 0.15) is 19.4 Å². The number of para-hydroxylation sites is 1. The highest BCUT2D eigenvalue weighted by Crippen LogP contribution is 2.39. The monoisotopic (exact) mass is 273 g/mol. The van der Waals surface area contributed by atoms with Crippen LogP contribution in [0.3, 0.4) is 0 Å². The number of methoxy groups -OCH3 is 1. The molecule has 1 aromatic heterocycles. The van der Waals surface area contributed by atoms with Crippen molar-refractivity contribution in [2.45, 2.75) is 32.0 Å². The molecule has 0 radical (unpaired) electrons. The summed E-state index contributed by atoms with van der Waals surface area (Å²) < 4.78 is 12.8. The largest absolute Gasteiger partial charge is 0.496 e. The van der Waals surface area contributed by atoms with Gasteiger partial charge in [0.2, 0.25) is 0 Å². The molecule has 1 aliphatic rings. The van der Waals surface area contributed by atoms with Crippen LogP contribution in [0.2, 0.25) is 0 Å². The van der Waals surface area contributed by atoms with E-state index in [-0.39, 0.29) is 17.3 Å². The molecule has 1 atom stereocenters. The van der Waals surface area contributed by atoms with E-state index in [0.717, 1.165) is 10.9 Å². The lowest BCUT2D eigenvalue weighted by atomic mass is 10.0. The first-order valence-corrected chi connectivity index (χ1v) is 6.78. The first-order valence-electron chi connectivity index (χ1n) is 6.78. The smallest absolute Gasteiger partial charge is 0.257 e. The Morgan fingerprint density at radius 2 is 2.00 bits per heavy atom. The number of benzene rings is 1. The van der Waals surface area contributed by atoms with E-state index < -0.39 is 0 Å². The van der Waals surface area contributed by atoms with Gasteiger partial charge in [-0.3, -0.25) is 4.79 Å². The van der Waals surface area contributed by atoms with Gasteiger partial charge in [0, 0.05) is 18.9 Å². The Morgan fingerprint density at radius 3 is 2.60 bits per heavy atom. The fourth-order valence-electron chi connectivity index (χ4n) is 2.75. The van der Waals surface area contributed by atoms with Crippen molar-refractivity contribution in [3.63, 3.8) is 0 Å². The van der Waals surface area contributed by atoms with Gasteiger partial charge in [-0.2, -0.15) is 0 Å². The molecule has 0 aliphatic carbocycles. The summed E-state index contributed by atoms with van der Waals surface area (Å²) in [4.78, 5) is 12.6. The van der Waals surface area contributed by atoms with Crippen LogP contribution in [0.25, 0.3) is 10.9 Å². The predicted molar refractivity (Wildman–Crippen MR) is 78.4 cm³/mol. The number of rotatable bonds is 3. The third kappa shape index (κ3) is 1.91. The molecule has 4 nitrogen and oxygen atoms in total. The molecular formula is C16H19NO3. The molecule has 0 saturated carbocycles. The number of fused-ring (bicyclic) bond motifs is 1. The minimum Gasteiger partial charge on any atom is -0.496 e. The molecule has 1 fully saturated rings. The van der Waals surface area contributed by atoms with E-state index >= 15 is 0 Å². The van der Waals surface area contributed by atoms with E-state index in [1.165, 1.54) is 0 Å². The summed E-state index contributed by atoms with van der Waals surface area (Å²) in [5.74, 6) is 0.676. The quantitative estimate of drug-likeness (QED) is 0.806. The Hall–Kier alpha value is -1.81. The van der Waals surface area contributed by atoms with Crippen molar-refractivity contribution in [1.82, 2.24) is 4.57 Å². The van der Waals surface area contributed by atoms with Crippen molar-refractivity contribution in [1.29, 1.82) is 0 Å². The van der Waals surface area contributed by atoms with Crippen molar-refractivity contribution in [2.24, 2.45) is 7.05 Å². The molecule has 0 amide bonds. The molecule has 20 heavy (non-hydrogen) atoms. The van der Waals surface area contributed by atoms with E-state index in [1.807, 2.05) is 38.1 Å². The van der Waals surface area contributed by atoms with Gasteiger partial charge in [0.15, 0.2) is 0 Å². The zero-order chi connectivity index (χ0) is 14.5. The average Bonchev–Trinajstić information content (AvgIpc) is 3.03. The lowest BCUT2D eigenvalue weighted by Gasteiger charge is -2.14. The minimum absolute atomic E-state index is 0.00755. The number of epoxide rings is 1. The van der Waals surface area contributed by atoms with Crippen LogP contribution in [-0.4, -0.2) is 23.4 Å². The topological polar surface area (TPSA) is 43.8 Å². The second kappa shape index (κ2) is 4.35. The number of hydrogen-bond acceptors (Lipinski definition) is 3. The molecule has 1 aromatic carbocycles. The number of hydrogen-bond donors (Lipinski definition) is 0. The Morgan fingerprint density at radius 1 is 1.35 bits per heavy atom. The molecule has 0 N–H and O–H groups in total. The van der Waals surface area contributed by atoms with Gasteiger partial charge in [-0.15, -0.1) is 0 Å². The van der Waals surface area contributed by atoms with Gasteiger partial charge in [-0.05, 0) is 26.0 Å². The van der Waals surface area contributed by atoms with Crippen molar-refractivity contribution >= 4 is 10.9 Å². The zero-order valence-corrected chi connectivity index (χ0v) is 12.3. The summed E-state index contributed by atoms with van der Waals surface area (Å²) >= 11 is 0. The maximum atomic E-state index is 12.6. The number of pyridine rings is 1. The Labute approximate surface area is 117 Å². The van der Waals surface area contributed by atoms with Gasteiger partial charge in [-0.25, -0.2) is 0 Å². The Kier molecular flexibility index (Phi) is 2.87. The molecule has 0 bridgehead atoms. The summed E-state index contributed by atoms with van der Waals surface area (Å²) in [5, 5.41) is 0.963. The van der Waals surface area contributed by atoms with Gasteiger partial charge >= 0.3 is 0 Å². The standard InChI is InChI=1S/C16H19NO3/c1-16(2)13(20-16)9-11-14(19-4)10-7-5-6-8-12(10)17(3)15(11)18/h5-8,13H,9H2,1-4H3/t13-/m1/s1. The molecule has 4 heteroatoms. The molecule has 1 saturated heterocycles. The molecule has 106 valence electrons. The molecule has 1 aliphatic heterocycles. The summed E-state index contributed by atoms with van der Waals surface area (Å²) in [6, 6.07) is 7.79. The maximum Gasteiger partial charge on any atom is 0.257 e. The van der Waals surface area contributed by atoms with Crippen LogP contribution < -0.4 is 10.3 Å². The van der Waals surface area contributed by atoms with Gasteiger partial charge in [0.25, 0.3) is 5.56 Å². The average molecular weight is 273 g/mol. The van der Waals surface area contributed by atoms with E-state index in [1.54, 1.807) is 18.7 Å². The lowest BCUT2D eigenvalue weighted by molar-refractivity contribution is 0.322. The predicted octanol–water partition coefficient (Wildman–Crippen LogP) is 2.27. The maximum absolute atomic E-state index is 12.6. The van der Waals surface area contributed by atoms with Crippen molar-refractivity contribution in [3.8, 4) is 5.75 Å². The van der Waals surface area contributed by atoms with Crippen LogP contribution in [-0.2, 0) is 18.2 Å². The molecule has 0 unspecified atom stereocenters. The summed E-state index contributed by atoms with van der Waals surface area (Å²) in [6.45, 7) is 4.07. The first kappa shape index (κ1) is 13.2. The molecular weight excluding hydrogens is 254 g/mol. The lowest BCUT2D eigenvalue weighted by Crippen LogP contribution is -2.24. The Bertz CT molecular complexity index is 730. The second-order valence-corrected chi connectivity index (χ2v) is 5.81. The summed E-state index contributed by atoms with van der Waals surface area (Å²) in [6.07, 6.45) is 0.679. The first-order chi connectivity index (χ1) is 9.45.